The van der Waals surface area contributed by atoms with Crippen LogP contribution in [0.15, 0.2) is 48.6 Å². The van der Waals surface area contributed by atoms with Crippen LogP contribution in [-0.4, -0.2) is 59.8 Å². The van der Waals surface area contributed by atoms with Crippen LogP contribution in [0.3, 0.4) is 0 Å². The number of esters is 2. The number of allylic oxidation sites excluding steroid dienone is 1. The van der Waals surface area contributed by atoms with E-state index in [2.05, 4.69) is 55.0 Å². The van der Waals surface area contributed by atoms with E-state index in [1.807, 2.05) is 0 Å². The van der Waals surface area contributed by atoms with Crippen molar-refractivity contribution in [2.75, 3.05) is 14.2 Å². The number of methoxy groups -OCH3 is 2. The van der Waals surface area contributed by atoms with Gasteiger partial charge in [0.15, 0.2) is 23.0 Å². The average Bonchev–Trinajstić information content (AvgIpc) is 3.48. The first kappa shape index (κ1) is 39.5. The van der Waals surface area contributed by atoms with Crippen LogP contribution in [0.25, 0.3) is 0 Å². The van der Waals surface area contributed by atoms with E-state index in [4.69, 9.17) is 18.9 Å². The molecule has 2 aromatic carbocycles. The Morgan fingerprint density at radius 3 is 1.95 bits per heavy atom. The lowest BCUT2D eigenvalue weighted by Gasteiger charge is -2.74. The highest BCUT2D eigenvalue weighted by Gasteiger charge is 2.76. The Bertz CT molecular complexity index is 1870. The summed E-state index contributed by atoms with van der Waals surface area (Å²) in [5.41, 5.74) is 0.0332. The number of aliphatic hydroxyl groups is 1. The van der Waals surface area contributed by atoms with E-state index >= 15 is 0 Å². The number of rotatable bonds is 7. The zero-order valence-corrected chi connectivity index (χ0v) is 34.2. The zero-order valence-electron chi connectivity index (χ0n) is 34.2. The fourth-order valence-corrected chi connectivity index (χ4v) is 13.9. The van der Waals surface area contributed by atoms with Crippen LogP contribution in [0.1, 0.15) is 121 Å². The predicted octanol–water partition coefficient (Wildman–Crippen LogP) is 9.12. The summed E-state index contributed by atoms with van der Waals surface area (Å²) in [6, 6.07) is 9.17. The second-order valence-corrected chi connectivity index (χ2v) is 19.5. The van der Waals surface area contributed by atoms with Gasteiger partial charge in [0.25, 0.3) is 0 Å². The highest BCUT2D eigenvalue weighted by molar-refractivity contribution is 5.91. The van der Waals surface area contributed by atoms with Crippen molar-refractivity contribution in [1.29, 1.82) is 0 Å². The summed E-state index contributed by atoms with van der Waals surface area (Å²) in [4.78, 5) is 28.6. The quantitative estimate of drug-likeness (QED) is 0.187. The average molecular weight is 759 g/mol. The summed E-state index contributed by atoms with van der Waals surface area (Å²) in [6.45, 7) is 20.5. The van der Waals surface area contributed by atoms with Crippen LogP contribution in [0.5, 0.6) is 23.0 Å². The molecule has 0 heterocycles. The molecule has 0 bridgehead atoms. The van der Waals surface area contributed by atoms with Crippen molar-refractivity contribution in [2.45, 2.75) is 118 Å². The lowest BCUT2D eigenvalue weighted by atomic mass is 9.31. The van der Waals surface area contributed by atoms with E-state index in [0.29, 0.717) is 30.4 Å². The molecule has 0 aliphatic heterocycles. The number of phenols is 2. The van der Waals surface area contributed by atoms with E-state index in [-0.39, 0.29) is 68.8 Å². The first-order valence-corrected chi connectivity index (χ1v) is 20.3. The minimum Gasteiger partial charge on any atom is -0.504 e. The van der Waals surface area contributed by atoms with Crippen LogP contribution < -0.4 is 9.47 Å². The van der Waals surface area contributed by atoms with Gasteiger partial charge >= 0.3 is 11.9 Å². The van der Waals surface area contributed by atoms with Crippen molar-refractivity contribution in [1.82, 2.24) is 0 Å². The van der Waals surface area contributed by atoms with Gasteiger partial charge in [-0.3, -0.25) is 0 Å². The summed E-state index contributed by atoms with van der Waals surface area (Å²) in [7, 11) is 2.92. The maximum atomic E-state index is 14.4. The van der Waals surface area contributed by atoms with Gasteiger partial charge in [-0.05, 0) is 140 Å². The Balaban J connectivity index is 1.39. The number of aromatic hydroxyl groups is 2. The molecule has 0 radical (unpaired) electrons. The summed E-state index contributed by atoms with van der Waals surface area (Å²) >= 11 is 0. The number of benzene rings is 2. The number of hydrogen-bond acceptors (Lipinski definition) is 9. The lowest BCUT2D eigenvalue weighted by Crippen LogP contribution is -2.73. The molecular weight excluding hydrogens is 696 g/mol. The molecule has 5 aliphatic rings. The Kier molecular flexibility index (Phi) is 9.66. The second kappa shape index (κ2) is 13.5. The van der Waals surface area contributed by atoms with Crippen LogP contribution in [0, 0.1) is 56.7 Å². The molecule has 0 amide bonds. The highest BCUT2D eigenvalue weighted by atomic mass is 16.6. The number of fused-ring (bicyclic) bond motifs is 7. The number of aliphatic hydroxyl groups excluding tert-OH is 1. The molecule has 2 aromatic rings. The van der Waals surface area contributed by atoms with Crippen molar-refractivity contribution in [3.8, 4) is 23.0 Å². The molecule has 5 fully saturated rings. The van der Waals surface area contributed by atoms with Gasteiger partial charge in [-0.25, -0.2) is 9.59 Å². The third kappa shape index (κ3) is 5.79. The van der Waals surface area contributed by atoms with Gasteiger partial charge in [-0.1, -0.05) is 53.7 Å². The van der Waals surface area contributed by atoms with Gasteiger partial charge in [-0.2, -0.15) is 0 Å². The number of carbonyl (C=O) groups excluding carboxylic acids is 2. The molecule has 0 aromatic heterocycles. The minimum absolute atomic E-state index is 0.0262. The van der Waals surface area contributed by atoms with Crippen LogP contribution in [-0.2, 0) is 9.47 Å². The summed E-state index contributed by atoms with van der Waals surface area (Å²) < 4.78 is 24.4. The lowest BCUT2D eigenvalue weighted by molar-refractivity contribution is -0.298. The first-order valence-electron chi connectivity index (χ1n) is 20.3. The molecular formula is C46H62O9. The monoisotopic (exact) mass is 758 g/mol. The fraction of sp³-hybridized carbons (Fsp3) is 0.652. The zero-order chi connectivity index (χ0) is 40.0. The third-order valence-electron chi connectivity index (χ3n) is 16.7. The topological polar surface area (TPSA) is 132 Å². The van der Waals surface area contributed by atoms with Crippen LogP contribution in [0.2, 0.25) is 0 Å². The van der Waals surface area contributed by atoms with Gasteiger partial charge in [0, 0.05) is 11.3 Å². The Labute approximate surface area is 326 Å². The molecule has 0 unspecified atom stereocenters. The number of carbonyl (C=O) groups is 2. The maximum absolute atomic E-state index is 14.4. The van der Waals surface area contributed by atoms with Crippen molar-refractivity contribution in [3.05, 3.63) is 59.7 Å². The highest BCUT2D eigenvalue weighted by Crippen LogP contribution is 2.78. The van der Waals surface area contributed by atoms with Gasteiger partial charge in [0.1, 0.15) is 12.2 Å². The third-order valence-corrected chi connectivity index (χ3v) is 16.7. The molecule has 0 spiro atoms. The maximum Gasteiger partial charge on any atom is 0.338 e. The number of hydrogen-bond donors (Lipinski definition) is 3. The second-order valence-electron chi connectivity index (χ2n) is 19.5. The molecule has 300 valence electrons. The predicted molar refractivity (Wildman–Crippen MR) is 209 cm³/mol. The van der Waals surface area contributed by atoms with Crippen molar-refractivity contribution in [3.63, 3.8) is 0 Å². The van der Waals surface area contributed by atoms with Crippen LogP contribution in [0.4, 0.5) is 0 Å². The SMILES string of the molecule is C=C(C)[C@@H]1CC[C@]2(C)C[C@H](OC(=O)c3ccc(O)c(OC)c3)[C@]3(C)[C@H](C[C@@H](OC(=O)c4ccc(O)c(OC)c4)[C@@H]4[C@@]5(C)CC[C@H](O)C(C)(C)[C@@H]5CC[C@]43C)[C@@H]12. The molecule has 3 N–H and O–H groups in total. The van der Waals surface area contributed by atoms with E-state index in [0.717, 1.165) is 32.1 Å². The molecule has 9 nitrogen and oxygen atoms in total. The Morgan fingerprint density at radius 1 is 0.800 bits per heavy atom. The standard InChI is InChI=1S/C46H62O9/c1-25(2)28-15-18-43(5)24-37(55-41(51)27-12-14-31(48)33(22-27)53-10)46(8)29(38(28)43)23-34(54-40(50)26-11-13-30(47)32(21-26)52-9)39-44(6)19-17-36(49)42(3,4)35(44)16-20-45(39,46)7/h11-14,21-22,28-29,34-39,47-49H,1,15-20,23-24H2,2-10H3/t28-,29+,34+,35-,36-,37-,38+,39+,43+,44-,45+,46-/m0/s1. The Hall–Kier alpha value is -3.72. The molecule has 9 heteroatoms. The molecule has 55 heavy (non-hydrogen) atoms. The van der Waals surface area contributed by atoms with Gasteiger partial charge in [0.2, 0.25) is 0 Å². The van der Waals surface area contributed by atoms with E-state index in [9.17, 15) is 24.9 Å². The van der Waals surface area contributed by atoms with Gasteiger partial charge in [-0.15, -0.1) is 0 Å². The number of phenolic OH excluding ortho intramolecular Hbond substituents is 2. The summed E-state index contributed by atoms with van der Waals surface area (Å²) in [5, 5.41) is 32.1. The summed E-state index contributed by atoms with van der Waals surface area (Å²) in [5.74, 6) is 0.0180. The fourth-order valence-electron chi connectivity index (χ4n) is 13.9. The molecule has 7 rings (SSSR count). The molecule has 0 saturated heterocycles. The van der Waals surface area contributed by atoms with Crippen LogP contribution >= 0.6 is 0 Å². The molecule has 12 atom stereocenters. The minimum atomic E-state index is -0.518. The molecule has 5 saturated carbocycles. The number of ether oxygens (including phenoxy) is 4. The largest absolute Gasteiger partial charge is 0.504 e. The first-order chi connectivity index (χ1) is 25.8. The molecule has 5 aliphatic carbocycles. The Morgan fingerprint density at radius 2 is 1.38 bits per heavy atom. The summed E-state index contributed by atoms with van der Waals surface area (Å²) in [6.07, 6.45) is 5.12. The van der Waals surface area contributed by atoms with Crippen molar-refractivity contribution < 1.29 is 43.9 Å². The van der Waals surface area contributed by atoms with E-state index in [1.165, 1.54) is 38.0 Å². The van der Waals surface area contributed by atoms with Gasteiger partial charge < -0.3 is 34.3 Å². The van der Waals surface area contributed by atoms with E-state index < -0.39 is 41.1 Å². The normalized spacial score (nSPS) is 40.0. The van der Waals surface area contributed by atoms with E-state index in [1.54, 1.807) is 18.2 Å². The van der Waals surface area contributed by atoms with Crippen molar-refractivity contribution >= 4 is 11.9 Å². The smallest absolute Gasteiger partial charge is 0.338 e. The van der Waals surface area contributed by atoms with Gasteiger partial charge in [0.05, 0.1) is 31.5 Å². The van der Waals surface area contributed by atoms with Crippen molar-refractivity contribution in [2.24, 2.45) is 56.7 Å².